The summed E-state index contributed by atoms with van der Waals surface area (Å²) >= 11 is 0. The molecule has 0 amide bonds. The summed E-state index contributed by atoms with van der Waals surface area (Å²) in [5.74, 6) is 0.960. The molecule has 3 aromatic rings. The zero-order chi connectivity index (χ0) is 15.8. The van der Waals surface area contributed by atoms with Crippen LogP contribution >= 0.6 is 0 Å². The Bertz CT molecular complexity index is 834. The Morgan fingerprint density at radius 1 is 0.913 bits per heavy atom. The van der Waals surface area contributed by atoms with Crippen molar-refractivity contribution in [3.05, 3.63) is 47.8 Å². The van der Waals surface area contributed by atoms with Gasteiger partial charge in [-0.05, 0) is 43.2 Å². The molecule has 1 aromatic carbocycles. The van der Waals surface area contributed by atoms with E-state index in [-0.39, 0.29) is 0 Å². The summed E-state index contributed by atoms with van der Waals surface area (Å²) in [7, 11) is 0. The standard InChI is InChI=1S/C18H20N4O/c1-13-3-4-16-17(10-13)23-20-18(16)22-7-5-21(6-8-22)15-9-14(2)11-19-12-15/h3-4,9-12H,5-8H2,1-2H3. The number of hydrogen-bond donors (Lipinski definition) is 0. The van der Waals surface area contributed by atoms with Crippen molar-refractivity contribution in [1.82, 2.24) is 10.1 Å². The molecule has 5 heteroatoms. The summed E-state index contributed by atoms with van der Waals surface area (Å²) in [5, 5.41) is 5.39. The summed E-state index contributed by atoms with van der Waals surface area (Å²) in [6.45, 7) is 7.94. The molecular weight excluding hydrogens is 288 g/mol. The lowest BCUT2D eigenvalue weighted by atomic mass is 10.1. The van der Waals surface area contributed by atoms with Crippen LogP contribution in [0.1, 0.15) is 11.1 Å². The van der Waals surface area contributed by atoms with E-state index < -0.39 is 0 Å². The minimum atomic E-state index is 0.866. The van der Waals surface area contributed by atoms with Gasteiger partial charge in [-0.15, -0.1) is 0 Å². The highest BCUT2D eigenvalue weighted by Gasteiger charge is 2.22. The first-order valence-corrected chi connectivity index (χ1v) is 7.98. The fraction of sp³-hybridized carbons (Fsp3) is 0.333. The number of anilines is 2. The van der Waals surface area contributed by atoms with Crippen molar-refractivity contribution >= 4 is 22.5 Å². The van der Waals surface area contributed by atoms with Gasteiger partial charge in [0.25, 0.3) is 0 Å². The molecule has 0 saturated carbocycles. The van der Waals surface area contributed by atoms with Crippen molar-refractivity contribution in [3.63, 3.8) is 0 Å². The molecule has 0 atom stereocenters. The van der Waals surface area contributed by atoms with Crippen LogP contribution in [-0.2, 0) is 0 Å². The van der Waals surface area contributed by atoms with Gasteiger partial charge in [-0.3, -0.25) is 4.98 Å². The van der Waals surface area contributed by atoms with Gasteiger partial charge in [0.05, 0.1) is 17.3 Å². The van der Waals surface area contributed by atoms with Crippen molar-refractivity contribution < 1.29 is 4.52 Å². The number of piperazine rings is 1. The van der Waals surface area contributed by atoms with E-state index in [0.717, 1.165) is 43.0 Å². The van der Waals surface area contributed by atoms with E-state index in [1.807, 2.05) is 18.5 Å². The minimum Gasteiger partial charge on any atom is -0.367 e. The lowest BCUT2D eigenvalue weighted by molar-refractivity contribution is 0.452. The maximum absolute atomic E-state index is 5.50. The maximum atomic E-state index is 5.50. The lowest BCUT2D eigenvalue weighted by Crippen LogP contribution is -2.46. The number of aryl methyl sites for hydroxylation is 2. The van der Waals surface area contributed by atoms with E-state index in [2.05, 4.69) is 52.0 Å². The lowest BCUT2D eigenvalue weighted by Gasteiger charge is -2.36. The van der Waals surface area contributed by atoms with Crippen LogP contribution in [-0.4, -0.2) is 36.3 Å². The number of pyridine rings is 1. The van der Waals surface area contributed by atoms with E-state index in [0.29, 0.717) is 0 Å². The summed E-state index contributed by atoms with van der Waals surface area (Å²) in [6.07, 6.45) is 3.83. The van der Waals surface area contributed by atoms with Gasteiger partial charge in [0, 0.05) is 32.4 Å². The topological polar surface area (TPSA) is 45.4 Å². The van der Waals surface area contributed by atoms with Gasteiger partial charge in [0.1, 0.15) is 0 Å². The fourth-order valence-electron chi connectivity index (χ4n) is 3.15. The SMILES string of the molecule is Cc1cncc(N2CCN(c3noc4cc(C)ccc34)CC2)c1. The molecule has 1 aliphatic heterocycles. The zero-order valence-corrected chi connectivity index (χ0v) is 13.5. The molecule has 5 nitrogen and oxygen atoms in total. The van der Waals surface area contributed by atoms with Crippen molar-refractivity contribution in [2.45, 2.75) is 13.8 Å². The van der Waals surface area contributed by atoms with Gasteiger partial charge in [-0.25, -0.2) is 0 Å². The maximum Gasteiger partial charge on any atom is 0.180 e. The predicted molar refractivity (Wildman–Crippen MR) is 92.1 cm³/mol. The molecule has 0 unspecified atom stereocenters. The molecule has 0 spiro atoms. The monoisotopic (exact) mass is 308 g/mol. The second-order valence-electron chi connectivity index (χ2n) is 6.20. The van der Waals surface area contributed by atoms with Gasteiger partial charge >= 0.3 is 0 Å². The molecule has 118 valence electrons. The van der Waals surface area contributed by atoms with E-state index in [4.69, 9.17) is 4.52 Å². The quantitative estimate of drug-likeness (QED) is 0.727. The molecule has 23 heavy (non-hydrogen) atoms. The molecular formula is C18H20N4O. The number of benzene rings is 1. The molecule has 0 radical (unpaired) electrons. The zero-order valence-electron chi connectivity index (χ0n) is 13.5. The largest absolute Gasteiger partial charge is 0.367 e. The molecule has 0 N–H and O–H groups in total. The van der Waals surface area contributed by atoms with Crippen molar-refractivity contribution in [2.24, 2.45) is 0 Å². The Balaban J connectivity index is 1.52. The first-order valence-electron chi connectivity index (χ1n) is 7.98. The predicted octanol–water partition coefficient (Wildman–Crippen LogP) is 3.17. The van der Waals surface area contributed by atoms with Crippen LogP contribution in [0.2, 0.25) is 0 Å². The van der Waals surface area contributed by atoms with Crippen LogP contribution in [0.5, 0.6) is 0 Å². The minimum absolute atomic E-state index is 0.866. The van der Waals surface area contributed by atoms with Crippen LogP contribution < -0.4 is 9.80 Å². The number of nitrogens with zero attached hydrogens (tertiary/aromatic N) is 4. The number of fused-ring (bicyclic) bond motifs is 1. The summed E-state index contributed by atoms with van der Waals surface area (Å²) < 4.78 is 5.50. The second kappa shape index (κ2) is 5.57. The highest BCUT2D eigenvalue weighted by molar-refractivity contribution is 5.89. The van der Waals surface area contributed by atoms with Crippen molar-refractivity contribution in [2.75, 3.05) is 36.0 Å². The highest BCUT2D eigenvalue weighted by atomic mass is 16.5. The van der Waals surface area contributed by atoms with Crippen LogP contribution in [0.15, 0.2) is 41.2 Å². The number of hydrogen-bond acceptors (Lipinski definition) is 5. The van der Waals surface area contributed by atoms with Gasteiger partial charge in [0.2, 0.25) is 0 Å². The molecule has 1 fully saturated rings. The number of aromatic nitrogens is 2. The van der Waals surface area contributed by atoms with E-state index in [1.165, 1.54) is 16.8 Å². The van der Waals surface area contributed by atoms with Crippen molar-refractivity contribution in [3.8, 4) is 0 Å². The third-order valence-corrected chi connectivity index (χ3v) is 4.41. The average molecular weight is 308 g/mol. The molecule has 4 rings (SSSR count). The molecule has 1 saturated heterocycles. The Morgan fingerprint density at radius 2 is 1.70 bits per heavy atom. The summed E-state index contributed by atoms with van der Waals surface area (Å²) in [4.78, 5) is 8.98. The summed E-state index contributed by atoms with van der Waals surface area (Å²) in [6, 6.07) is 8.45. The first kappa shape index (κ1) is 14.1. The third-order valence-electron chi connectivity index (χ3n) is 4.41. The van der Waals surface area contributed by atoms with Crippen LogP contribution in [0, 0.1) is 13.8 Å². The van der Waals surface area contributed by atoms with Gasteiger partial charge < -0.3 is 14.3 Å². The Hall–Kier alpha value is -2.56. The van der Waals surface area contributed by atoms with E-state index >= 15 is 0 Å². The Labute approximate surface area is 135 Å². The van der Waals surface area contributed by atoms with Gasteiger partial charge in [-0.1, -0.05) is 11.2 Å². The molecule has 0 aliphatic carbocycles. The highest BCUT2D eigenvalue weighted by Crippen LogP contribution is 2.28. The molecule has 2 aromatic heterocycles. The van der Waals surface area contributed by atoms with Gasteiger partial charge in [-0.2, -0.15) is 0 Å². The van der Waals surface area contributed by atoms with Crippen LogP contribution in [0.4, 0.5) is 11.5 Å². The van der Waals surface area contributed by atoms with E-state index in [9.17, 15) is 0 Å². The second-order valence-corrected chi connectivity index (χ2v) is 6.20. The smallest absolute Gasteiger partial charge is 0.180 e. The van der Waals surface area contributed by atoms with Crippen LogP contribution in [0.25, 0.3) is 11.0 Å². The van der Waals surface area contributed by atoms with Crippen molar-refractivity contribution in [1.29, 1.82) is 0 Å². The third kappa shape index (κ3) is 2.63. The first-order chi connectivity index (χ1) is 11.2. The van der Waals surface area contributed by atoms with Gasteiger partial charge in [0.15, 0.2) is 11.4 Å². The summed E-state index contributed by atoms with van der Waals surface area (Å²) in [5.41, 5.74) is 4.45. The fourth-order valence-corrected chi connectivity index (χ4v) is 3.15. The average Bonchev–Trinajstić information content (AvgIpc) is 2.98. The van der Waals surface area contributed by atoms with Crippen LogP contribution in [0.3, 0.4) is 0 Å². The molecule has 0 bridgehead atoms. The Morgan fingerprint density at radius 3 is 2.48 bits per heavy atom. The molecule has 1 aliphatic rings. The Kier molecular flexibility index (Phi) is 3.41. The normalized spacial score (nSPS) is 15.4. The van der Waals surface area contributed by atoms with E-state index in [1.54, 1.807) is 0 Å². The molecule has 3 heterocycles. The number of rotatable bonds is 2.